The van der Waals surface area contributed by atoms with Crippen molar-refractivity contribution in [3.05, 3.63) is 94.8 Å². The quantitative estimate of drug-likeness (QED) is 0.295. The lowest BCUT2D eigenvalue weighted by Crippen LogP contribution is -2.28. The van der Waals surface area contributed by atoms with Crippen molar-refractivity contribution in [1.82, 2.24) is 14.9 Å². The molecule has 3 aromatic carbocycles. The molecule has 0 bridgehead atoms. The molecule has 6 heteroatoms. The number of nitrogens with one attached hydrogen (secondary N) is 1. The summed E-state index contributed by atoms with van der Waals surface area (Å²) in [7, 11) is 0. The Balaban J connectivity index is 1.41. The van der Waals surface area contributed by atoms with Crippen molar-refractivity contribution in [1.29, 1.82) is 0 Å². The van der Waals surface area contributed by atoms with Crippen molar-refractivity contribution in [2.24, 2.45) is 0 Å². The van der Waals surface area contributed by atoms with E-state index in [1.54, 1.807) is 24.3 Å². The molecule has 0 aliphatic heterocycles. The number of aromatic nitrogens is 2. The molecule has 0 saturated heterocycles. The molecule has 170 valence electrons. The third-order valence-electron chi connectivity index (χ3n) is 5.59. The van der Waals surface area contributed by atoms with E-state index >= 15 is 0 Å². The summed E-state index contributed by atoms with van der Waals surface area (Å²) in [4.78, 5) is 17.5. The Hall–Kier alpha value is -3.31. The van der Waals surface area contributed by atoms with Crippen molar-refractivity contribution >= 4 is 28.5 Å². The first-order valence-corrected chi connectivity index (χ1v) is 11.6. The van der Waals surface area contributed by atoms with Crippen molar-refractivity contribution in [2.45, 2.75) is 39.3 Å². The van der Waals surface area contributed by atoms with Crippen LogP contribution >= 0.6 is 11.6 Å². The summed E-state index contributed by atoms with van der Waals surface area (Å²) in [6.45, 7) is 5.49. The van der Waals surface area contributed by atoms with Crippen LogP contribution in [0.5, 0.6) is 5.75 Å². The summed E-state index contributed by atoms with van der Waals surface area (Å²) < 4.78 is 8.07. The first-order valence-electron chi connectivity index (χ1n) is 11.2. The Morgan fingerprint density at radius 1 is 1.03 bits per heavy atom. The molecule has 0 aliphatic rings. The van der Waals surface area contributed by atoms with E-state index in [4.69, 9.17) is 21.3 Å². The molecule has 0 saturated carbocycles. The van der Waals surface area contributed by atoms with Crippen LogP contribution in [-0.2, 0) is 6.54 Å². The fraction of sp³-hybridized carbons (Fsp3) is 0.259. The fourth-order valence-corrected chi connectivity index (χ4v) is 3.93. The number of benzene rings is 3. The highest BCUT2D eigenvalue weighted by Gasteiger charge is 2.19. The van der Waals surface area contributed by atoms with Gasteiger partial charge < -0.3 is 14.6 Å². The number of carbonyl (C=O) groups is 1. The molecule has 33 heavy (non-hydrogen) atoms. The van der Waals surface area contributed by atoms with Gasteiger partial charge in [0.25, 0.3) is 5.91 Å². The van der Waals surface area contributed by atoms with E-state index < -0.39 is 0 Å². The molecular formula is C27H28ClN3O2. The lowest BCUT2D eigenvalue weighted by Gasteiger charge is -2.17. The second-order valence-corrected chi connectivity index (χ2v) is 8.62. The average Bonchev–Trinajstić information content (AvgIpc) is 3.19. The molecule has 0 spiro atoms. The summed E-state index contributed by atoms with van der Waals surface area (Å²) in [6.07, 6.45) is 1.86. The van der Waals surface area contributed by atoms with E-state index in [1.165, 1.54) is 5.56 Å². The number of unbranched alkanes of at least 4 members (excludes halogenated alkanes) is 1. The van der Waals surface area contributed by atoms with Gasteiger partial charge in [-0.25, -0.2) is 4.98 Å². The van der Waals surface area contributed by atoms with Crippen molar-refractivity contribution in [3.63, 3.8) is 0 Å². The second-order valence-electron chi connectivity index (χ2n) is 8.18. The number of nitrogens with zero attached hydrogens (tertiary/aromatic N) is 2. The highest BCUT2D eigenvalue weighted by molar-refractivity contribution is 6.30. The molecule has 4 aromatic rings. The van der Waals surface area contributed by atoms with Crippen LogP contribution in [0.1, 0.15) is 47.6 Å². The van der Waals surface area contributed by atoms with E-state index in [1.807, 2.05) is 37.3 Å². The van der Waals surface area contributed by atoms with Crippen LogP contribution < -0.4 is 10.1 Å². The number of halogens is 1. The van der Waals surface area contributed by atoms with E-state index in [0.29, 0.717) is 17.2 Å². The minimum atomic E-state index is -0.246. The van der Waals surface area contributed by atoms with Gasteiger partial charge in [0, 0.05) is 17.1 Å². The molecule has 5 nitrogen and oxygen atoms in total. The van der Waals surface area contributed by atoms with Gasteiger partial charge in [-0.3, -0.25) is 4.79 Å². The molecule has 1 aromatic heterocycles. The zero-order valence-corrected chi connectivity index (χ0v) is 19.7. The lowest BCUT2D eigenvalue weighted by molar-refractivity contribution is 0.0937. The number of rotatable bonds is 9. The van der Waals surface area contributed by atoms with E-state index in [9.17, 15) is 4.79 Å². The van der Waals surface area contributed by atoms with Gasteiger partial charge in [0.15, 0.2) is 0 Å². The summed E-state index contributed by atoms with van der Waals surface area (Å²) in [5.74, 6) is 1.59. The Morgan fingerprint density at radius 3 is 2.52 bits per heavy atom. The van der Waals surface area contributed by atoms with Crippen LogP contribution in [-0.4, -0.2) is 22.1 Å². The van der Waals surface area contributed by atoms with Crippen LogP contribution in [0, 0.1) is 6.92 Å². The van der Waals surface area contributed by atoms with Gasteiger partial charge >= 0.3 is 0 Å². The predicted octanol–water partition coefficient (Wildman–Crippen LogP) is 6.35. The number of hydrogen-bond acceptors (Lipinski definition) is 3. The number of imidazole rings is 1. The molecule has 1 N–H and O–H groups in total. The zero-order chi connectivity index (χ0) is 23.2. The van der Waals surface area contributed by atoms with E-state index in [2.05, 4.69) is 35.0 Å². The van der Waals surface area contributed by atoms with Gasteiger partial charge in [-0.15, -0.1) is 0 Å². The number of hydrogen-bond donors (Lipinski definition) is 1. The SMILES string of the molecule is Cc1ccc(OCCCCn2c(C(C)NC(=O)c3ccc(Cl)cc3)nc3ccccc32)cc1. The van der Waals surface area contributed by atoms with Crippen LogP contribution in [0.15, 0.2) is 72.8 Å². The maximum atomic E-state index is 12.7. The highest BCUT2D eigenvalue weighted by Crippen LogP contribution is 2.22. The van der Waals surface area contributed by atoms with Crippen molar-refractivity contribution < 1.29 is 9.53 Å². The van der Waals surface area contributed by atoms with Gasteiger partial charge in [0.1, 0.15) is 11.6 Å². The highest BCUT2D eigenvalue weighted by atomic mass is 35.5. The number of amides is 1. The van der Waals surface area contributed by atoms with Crippen molar-refractivity contribution in [3.8, 4) is 5.75 Å². The first kappa shape index (κ1) is 22.9. The molecule has 1 heterocycles. The Kier molecular flexibility index (Phi) is 7.30. The maximum absolute atomic E-state index is 12.7. The van der Waals surface area contributed by atoms with Gasteiger partial charge in [-0.1, -0.05) is 41.4 Å². The summed E-state index contributed by atoms with van der Waals surface area (Å²) in [5.41, 5.74) is 3.79. The normalized spacial score (nSPS) is 12.0. The van der Waals surface area contributed by atoms with Crippen LogP contribution in [0.25, 0.3) is 11.0 Å². The molecular weight excluding hydrogens is 434 g/mol. The number of ether oxygens (including phenoxy) is 1. The van der Waals surface area contributed by atoms with Crippen LogP contribution in [0.3, 0.4) is 0 Å². The molecule has 4 rings (SSSR count). The lowest BCUT2D eigenvalue weighted by atomic mass is 10.2. The Bertz CT molecular complexity index is 1220. The minimum absolute atomic E-state index is 0.149. The predicted molar refractivity (Wildman–Crippen MR) is 133 cm³/mol. The summed E-state index contributed by atoms with van der Waals surface area (Å²) >= 11 is 5.94. The second kappa shape index (κ2) is 10.5. The van der Waals surface area contributed by atoms with Gasteiger partial charge in [-0.05, 0) is 75.2 Å². The van der Waals surface area contributed by atoms with E-state index in [0.717, 1.165) is 42.0 Å². The smallest absolute Gasteiger partial charge is 0.251 e. The Morgan fingerprint density at radius 2 is 1.76 bits per heavy atom. The fourth-order valence-electron chi connectivity index (χ4n) is 3.80. The monoisotopic (exact) mass is 461 g/mol. The van der Waals surface area contributed by atoms with Crippen LogP contribution in [0.4, 0.5) is 0 Å². The largest absolute Gasteiger partial charge is 0.494 e. The maximum Gasteiger partial charge on any atom is 0.251 e. The Labute approximate surface area is 199 Å². The molecule has 1 unspecified atom stereocenters. The summed E-state index contributed by atoms with van der Waals surface area (Å²) in [5, 5.41) is 3.68. The zero-order valence-electron chi connectivity index (χ0n) is 18.9. The first-order chi connectivity index (χ1) is 16.0. The van der Waals surface area contributed by atoms with Crippen LogP contribution in [0.2, 0.25) is 5.02 Å². The average molecular weight is 462 g/mol. The molecule has 0 fully saturated rings. The third kappa shape index (κ3) is 5.74. The number of aryl methyl sites for hydroxylation is 2. The van der Waals surface area contributed by atoms with Gasteiger partial charge in [-0.2, -0.15) is 0 Å². The number of para-hydroxylation sites is 2. The molecule has 1 atom stereocenters. The molecule has 0 aliphatic carbocycles. The number of carbonyl (C=O) groups excluding carboxylic acids is 1. The molecule has 0 radical (unpaired) electrons. The third-order valence-corrected chi connectivity index (χ3v) is 5.84. The van der Waals surface area contributed by atoms with E-state index in [-0.39, 0.29) is 11.9 Å². The van der Waals surface area contributed by atoms with Gasteiger partial charge in [0.2, 0.25) is 0 Å². The minimum Gasteiger partial charge on any atom is -0.494 e. The van der Waals surface area contributed by atoms with Gasteiger partial charge in [0.05, 0.1) is 23.7 Å². The molecule has 1 amide bonds. The number of fused-ring (bicyclic) bond motifs is 1. The summed E-state index contributed by atoms with van der Waals surface area (Å²) in [6, 6.07) is 22.8. The standard InChI is InChI=1S/C27H28ClN3O2/c1-19-9-15-23(16-10-19)33-18-6-5-17-31-25-8-4-3-7-24(25)30-26(31)20(2)29-27(32)21-11-13-22(28)14-12-21/h3-4,7-16,20H,5-6,17-18H2,1-2H3,(H,29,32). The topological polar surface area (TPSA) is 56.1 Å². The van der Waals surface area contributed by atoms with Crippen molar-refractivity contribution in [2.75, 3.05) is 6.61 Å².